The molecule has 0 saturated carbocycles. The van der Waals surface area contributed by atoms with E-state index in [4.69, 9.17) is 11.6 Å². The normalized spacial score (nSPS) is 18.3. The Morgan fingerprint density at radius 3 is 2.95 bits per heavy atom. The molecule has 1 aromatic rings. The smallest absolute Gasteiger partial charge is 0.255 e. The van der Waals surface area contributed by atoms with Crippen LogP contribution in [0.25, 0.3) is 0 Å². The van der Waals surface area contributed by atoms with Crippen LogP contribution < -0.4 is 5.32 Å². The second-order valence-corrected chi connectivity index (χ2v) is 6.43. The summed E-state index contributed by atoms with van der Waals surface area (Å²) >= 11 is 6.16. The number of hydrogen-bond acceptors (Lipinski definition) is 3. The zero-order chi connectivity index (χ0) is 15.4. The lowest BCUT2D eigenvalue weighted by Crippen LogP contribution is -2.29. The van der Waals surface area contributed by atoms with Crippen LogP contribution in [0.5, 0.6) is 0 Å². The molecule has 1 saturated heterocycles. The van der Waals surface area contributed by atoms with E-state index in [1.54, 1.807) is 12.3 Å². The molecule has 1 fully saturated rings. The molecule has 2 rings (SSSR count). The zero-order valence-corrected chi connectivity index (χ0v) is 13.8. The molecule has 1 atom stereocenters. The Labute approximate surface area is 131 Å². The third-order valence-electron chi connectivity index (χ3n) is 4.10. The number of rotatable bonds is 5. The number of pyridine rings is 1. The molecule has 1 aliphatic heterocycles. The van der Waals surface area contributed by atoms with Crippen molar-refractivity contribution < 1.29 is 4.79 Å². The fourth-order valence-corrected chi connectivity index (χ4v) is 2.82. The molecule has 1 aliphatic rings. The van der Waals surface area contributed by atoms with Gasteiger partial charge >= 0.3 is 0 Å². The topological polar surface area (TPSA) is 45.2 Å². The van der Waals surface area contributed by atoms with Crippen molar-refractivity contribution in [3.63, 3.8) is 0 Å². The largest absolute Gasteiger partial charge is 0.370 e. The van der Waals surface area contributed by atoms with Gasteiger partial charge in [0.05, 0.1) is 10.6 Å². The van der Waals surface area contributed by atoms with Crippen LogP contribution in [-0.4, -0.2) is 35.4 Å². The van der Waals surface area contributed by atoms with Gasteiger partial charge in [-0.15, -0.1) is 0 Å². The first kappa shape index (κ1) is 16.1. The fourth-order valence-electron chi connectivity index (χ4n) is 2.64. The van der Waals surface area contributed by atoms with Gasteiger partial charge in [0.25, 0.3) is 5.91 Å². The Hall–Kier alpha value is -1.29. The average Bonchev–Trinajstić information content (AvgIpc) is 2.95. The van der Waals surface area contributed by atoms with Gasteiger partial charge in [0.2, 0.25) is 0 Å². The first-order valence-electron chi connectivity index (χ1n) is 7.71. The number of carbonyl (C=O) groups is 1. The lowest BCUT2D eigenvalue weighted by molar-refractivity contribution is 0.0784. The van der Waals surface area contributed by atoms with E-state index in [9.17, 15) is 4.79 Å². The van der Waals surface area contributed by atoms with E-state index >= 15 is 0 Å². The lowest BCUT2D eigenvalue weighted by atomic mass is 9.95. The molecule has 2 heterocycles. The zero-order valence-electron chi connectivity index (χ0n) is 13.0. The van der Waals surface area contributed by atoms with E-state index in [0.29, 0.717) is 28.2 Å². The maximum Gasteiger partial charge on any atom is 0.255 e. The number of nitrogens with one attached hydrogen (secondary N) is 1. The van der Waals surface area contributed by atoms with Gasteiger partial charge in [-0.05, 0) is 30.7 Å². The van der Waals surface area contributed by atoms with Crippen molar-refractivity contribution in [2.75, 3.05) is 25.0 Å². The third kappa shape index (κ3) is 3.88. The van der Waals surface area contributed by atoms with Crippen LogP contribution >= 0.6 is 11.6 Å². The molecule has 116 valence electrons. The minimum Gasteiger partial charge on any atom is -0.370 e. The van der Waals surface area contributed by atoms with E-state index < -0.39 is 0 Å². The minimum absolute atomic E-state index is 0.0186. The van der Waals surface area contributed by atoms with Gasteiger partial charge < -0.3 is 10.2 Å². The Morgan fingerprint density at radius 1 is 1.57 bits per heavy atom. The number of hydrogen-bond donors (Lipinski definition) is 1. The molecule has 0 aromatic carbocycles. The Morgan fingerprint density at radius 2 is 2.33 bits per heavy atom. The fraction of sp³-hybridized carbons (Fsp3) is 0.625. The number of aromatic nitrogens is 1. The SMILES string of the molecule is CCCNc1cc(C(=O)N2CCC(C(C)C)C2)c(Cl)cn1. The predicted molar refractivity (Wildman–Crippen MR) is 86.9 cm³/mol. The molecule has 21 heavy (non-hydrogen) atoms. The van der Waals surface area contributed by atoms with Crippen LogP contribution in [-0.2, 0) is 0 Å². The van der Waals surface area contributed by atoms with Crippen molar-refractivity contribution in [1.29, 1.82) is 0 Å². The first-order valence-corrected chi connectivity index (χ1v) is 8.09. The van der Waals surface area contributed by atoms with Crippen LogP contribution in [0.15, 0.2) is 12.3 Å². The highest BCUT2D eigenvalue weighted by Crippen LogP contribution is 2.27. The van der Waals surface area contributed by atoms with Crippen molar-refractivity contribution in [2.45, 2.75) is 33.6 Å². The Balaban J connectivity index is 2.11. The maximum absolute atomic E-state index is 12.6. The van der Waals surface area contributed by atoms with Crippen molar-refractivity contribution in [3.05, 3.63) is 22.8 Å². The van der Waals surface area contributed by atoms with Crippen LogP contribution in [0, 0.1) is 11.8 Å². The highest BCUT2D eigenvalue weighted by atomic mass is 35.5. The molecule has 0 bridgehead atoms. The number of halogens is 1. The highest BCUT2D eigenvalue weighted by molar-refractivity contribution is 6.33. The first-order chi connectivity index (χ1) is 10.0. The number of nitrogens with zero attached hydrogens (tertiary/aromatic N) is 2. The van der Waals surface area contributed by atoms with Gasteiger partial charge in [0, 0.05) is 25.8 Å². The summed E-state index contributed by atoms with van der Waals surface area (Å²) in [6.07, 6.45) is 3.64. The summed E-state index contributed by atoms with van der Waals surface area (Å²) in [5, 5.41) is 3.62. The quantitative estimate of drug-likeness (QED) is 0.902. The van der Waals surface area contributed by atoms with E-state index in [2.05, 4.69) is 31.1 Å². The molecule has 0 spiro atoms. The molecule has 1 unspecified atom stereocenters. The summed E-state index contributed by atoms with van der Waals surface area (Å²) in [4.78, 5) is 18.8. The molecular formula is C16H24ClN3O. The van der Waals surface area contributed by atoms with Gasteiger partial charge in [-0.1, -0.05) is 32.4 Å². The van der Waals surface area contributed by atoms with Crippen molar-refractivity contribution >= 4 is 23.3 Å². The summed E-state index contributed by atoms with van der Waals surface area (Å²) < 4.78 is 0. The molecule has 1 aromatic heterocycles. The molecule has 0 radical (unpaired) electrons. The van der Waals surface area contributed by atoms with Gasteiger partial charge in [-0.2, -0.15) is 0 Å². The molecular weight excluding hydrogens is 286 g/mol. The summed E-state index contributed by atoms with van der Waals surface area (Å²) in [6.45, 7) is 8.99. The van der Waals surface area contributed by atoms with Crippen molar-refractivity contribution in [1.82, 2.24) is 9.88 Å². The van der Waals surface area contributed by atoms with Gasteiger partial charge in [0.15, 0.2) is 0 Å². The monoisotopic (exact) mass is 309 g/mol. The third-order valence-corrected chi connectivity index (χ3v) is 4.40. The van der Waals surface area contributed by atoms with E-state index in [1.807, 2.05) is 4.90 Å². The maximum atomic E-state index is 12.6. The van der Waals surface area contributed by atoms with Crippen molar-refractivity contribution in [3.8, 4) is 0 Å². The van der Waals surface area contributed by atoms with Crippen LogP contribution in [0.3, 0.4) is 0 Å². The highest BCUT2D eigenvalue weighted by Gasteiger charge is 2.29. The number of anilines is 1. The summed E-state index contributed by atoms with van der Waals surface area (Å²) in [5.74, 6) is 1.93. The molecule has 4 nitrogen and oxygen atoms in total. The molecule has 1 N–H and O–H groups in total. The number of carbonyl (C=O) groups excluding carboxylic acids is 1. The van der Waals surface area contributed by atoms with Gasteiger partial charge in [0.1, 0.15) is 5.82 Å². The average molecular weight is 310 g/mol. The molecule has 1 amide bonds. The Bertz CT molecular complexity index is 504. The van der Waals surface area contributed by atoms with Gasteiger partial charge in [-0.25, -0.2) is 4.98 Å². The number of amides is 1. The van der Waals surface area contributed by atoms with E-state index in [0.717, 1.165) is 32.5 Å². The second kappa shape index (κ2) is 7.12. The van der Waals surface area contributed by atoms with Crippen molar-refractivity contribution in [2.24, 2.45) is 11.8 Å². The van der Waals surface area contributed by atoms with E-state index in [1.165, 1.54) is 0 Å². The molecule has 0 aliphatic carbocycles. The standard InChI is InChI=1S/C16H24ClN3O/c1-4-6-18-15-8-13(14(17)9-19-15)16(21)20-7-5-12(10-20)11(2)3/h8-9,11-12H,4-7,10H2,1-3H3,(H,18,19). The minimum atomic E-state index is 0.0186. The van der Waals surface area contributed by atoms with Gasteiger partial charge in [-0.3, -0.25) is 4.79 Å². The summed E-state index contributed by atoms with van der Waals surface area (Å²) in [6, 6.07) is 1.77. The van der Waals surface area contributed by atoms with Crippen LogP contribution in [0.1, 0.15) is 44.0 Å². The van der Waals surface area contributed by atoms with Crippen LogP contribution in [0.2, 0.25) is 5.02 Å². The summed E-state index contributed by atoms with van der Waals surface area (Å²) in [5.41, 5.74) is 0.551. The predicted octanol–water partition coefficient (Wildman–Crippen LogP) is 3.68. The lowest BCUT2D eigenvalue weighted by Gasteiger charge is -2.19. The summed E-state index contributed by atoms with van der Waals surface area (Å²) in [7, 11) is 0. The second-order valence-electron chi connectivity index (χ2n) is 6.02. The molecule has 5 heteroatoms. The van der Waals surface area contributed by atoms with E-state index in [-0.39, 0.29) is 5.91 Å². The Kier molecular flexibility index (Phi) is 5.45. The number of likely N-dealkylation sites (tertiary alicyclic amines) is 1. The van der Waals surface area contributed by atoms with Crippen LogP contribution in [0.4, 0.5) is 5.82 Å².